The van der Waals surface area contributed by atoms with Gasteiger partial charge in [-0.25, -0.2) is 4.79 Å². The van der Waals surface area contributed by atoms with E-state index in [1.54, 1.807) is 13.0 Å². The molecule has 0 fully saturated rings. The third-order valence-corrected chi connectivity index (χ3v) is 3.73. The summed E-state index contributed by atoms with van der Waals surface area (Å²) in [5, 5.41) is 0. The van der Waals surface area contributed by atoms with Crippen LogP contribution in [0.1, 0.15) is 18.9 Å². The quantitative estimate of drug-likeness (QED) is 0.729. The van der Waals surface area contributed by atoms with E-state index in [-0.39, 0.29) is 12.0 Å². The number of benzene rings is 1. The number of ether oxygens (including phenoxy) is 4. The SMILES string of the molecule is CCO[C@@H]1C[C@H](OC(=O)[C@](OC)(c2ccccc2)C(F)(F)F)C=CO1. The Morgan fingerprint density at radius 2 is 1.96 bits per heavy atom. The first-order valence-electron chi connectivity index (χ1n) is 7.67. The zero-order valence-electron chi connectivity index (χ0n) is 13.8. The average molecular weight is 360 g/mol. The predicted molar refractivity (Wildman–Crippen MR) is 81.3 cm³/mol. The Balaban J connectivity index is 2.28. The largest absolute Gasteiger partial charge is 0.473 e. The molecule has 0 aromatic heterocycles. The topological polar surface area (TPSA) is 54.0 Å². The summed E-state index contributed by atoms with van der Waals surface area (Å²) in [7, 11) is 0.824. The van der Waals surface area contributed by atoms with Crippen LogP contribution in [0.25, 0.3) is 0 Å². The molecule has 0 saturated heterocycles. The van der Waals surface area contributed by atoms with Crippen LogP contribution in [0.15, 0.2) is 42.7 Å². The summed E-state index contributed by atoms with van der Waals surface area (Å²) in [4.78, 5) is 12.5. The standard InChI is InChI=1S/C17H19F3O5/c1-3-23-14-11-13(9-10-24-14)25-15(21)16(22-2,17(18,19)20)12-7-5-4-6-8-12/h4-10,13-14H,3,11H2,1-2H3/t13-,14+,16-/m1/s1. The van der Waals surface area contributed by atoms with Crippen molar-refractivity contribution in [3.8, 4) is 0 Å². The highest BCUT2D eigenvalue weighted by molar-refractivity contribution is 5.83. The average Bonchev–Trinajstić information content (AvgIpc) is 2.56. The van der Waals surface area contributed by atoms with Crippen LogP contribution in [0.3, 0.4) is 0 Å². The lowest BCUT2D eigenvalue weighted by molar-refractivity contribution is -0.278. The summed E-state index contributed by atoms with van der Waals surface area (Å²) >= 11 is 0. The fourth-order valence-electron chi connectivity index (χ4n) is 2.53. The van der Waals surface area contributed by atoms with Gasteiger partial charge in [-0.1, -0.05) is 30.3 Å². The van der Waals surface area contributed by atoms with Gasteiger partial charge in [-0.3, -0.25) is 0 Å². The normalized spacial score (nSPS) is 22.8. The Kier molecular flexibility index (Phi) is 6.07. The molecule has 0 spiro atoms. The molecule has 0 N–H and O–H groups in total. The molecular weight excluding hydrogens is 341 g/mol. The zero-order chi connectivity index (χ0) is 18.5. The molecule has 1 aromatic rings. The van der Waals surface area contributed by atoms with E-state index in [1.165, 1.54) is 36.6 Å². The minimum Gasteiger partial charge on any atom is -0.473 e. The number of halogens is 3. The minimum absolute atomic E-state index is 0.0858. The molecule has 1 heterocycles. The molecule has 2 rings (SSSR count). The number of carbonyl (C=O) groups is 1. The Labute approximate surface area is 143 Å². The van der Waals surface area contributed by atoms with Crippen LogP contribution < -0.4 is 0 Å². The Hall–Kier alpha value is -2.06. The third-order valence-electron chi connectivity index (χ3n) is 3.73. The highest BCUT2D eigenvalue weighted by Crippen LogP contribution is 2.43. The molecule has 0 bridgehead atoms. The van der Waals surface area contributed by atoms with Crippen LogP contribution in [-0.2, 0) is 29.3 Å². The Morgan fingerprint density at radius 3 is 2.52 bits per heavy atom. The number of carbonyl (C=O) groups excluding carboxylic acids is 1. The van der Waals surface area contributed by atoms with E-state index < -0.39 is 30.1 Å². The van der Waals surface area contributed by atoms with E-state index in [0.717, 1.165) is 7.11 Å². The number of alkyl halides is 3. The second-order valence-electron chi connectivity index (χ2n) is 5.28. The van der Waals surface area contributed by atoms with Crippen molar-refractivity contribution >= 4 is 5.97 Å². The van der Waals surface area contributed by atoms with Crippen LogP contribution in [0.2, 0.25) is 0 Å². The third kappa shape index (κ3) is 3.96. The molecule has 0 radical (unpaired) electrons. The van der Waals surface area contributed by atoms with Gasteiger partial charge in [0.25, 0.3) is 5.60 Å². The summed E-state index contributed by atoms with van der Waals surface area (Å²) in [6, 6.07) is 6.66. The second-order valence-corrected chi connectivity index (χ2v) is 5.28. The fourth-order valence-corrected chi connectivity index (χ4v) is 2.53. The van der Waals surface area contributed by atoms with E-state index in [2.05, 4.69) is 4.74 Å². The summed E-state index contributed by atoms with van der Waals surface area (Å²) in [5.74, 6) is -1.54. The number of hydrogen-bond donors (Lipinski definition) is 0. The van der Waals surface area contributed by atoms with Crippen LogP contribution in [-0.4, -0.2) is 38.3 Å². The molecule has 0 aliphatic carbocycles. The van der Waals surface area contributed by atoms with Crippen LogP contribution >= 0.6 is 0 Å². The Bertz CT molecular complexity index is 602. The Morgan fingerprint density at radius 1 is 1.28 bits per heavy atom. The van der Waals surface area contributed by atoms with Crippen molar-refractivity contribution < 1.29 is 36.9 Å². The van der Waals surface area contributed by atoms with Crippen molar-refractivity contribution in [3.05, 3.63) is 48.2 Å². The highest BCUT2D eigenvalue weighted by atomic mass is 19.4. The molecule has 5 nitrogen and oxygen atoms in total. The lowest BCUT2D eigenvalue weighted by atomic mass is 9.92. The van der Waals surface area contributed by atoms with Gasteiger partial charge in [0.1, 0.15) is 6.10 Å². The lowest BCUT2D eigenvalue weighted by Gasteiger charge is -2.34. The first-order valence-corrected chi connectivity index (χ1v) is 7.67. The van der Waals surface area contributed by atoms with Gasteiger partial charge >= 0.3 is 12.1 Å². The van der Waals surface area contributed by atoms with Gasteiger partial charge in [-0.05, 0) is 13.0 Å². The highest BCUT2D eigenvalue weighted by Gasteiger charge is 2.64. The van der Waals surface area contributed by atoms with Crippen molar-refractivity contribution in [3.63, 3.8) is 0 Å². The fraction of sp³-hybridized carbons (Fsp3) is 0.471. The monoisotopic (exact) mass is 360 g/mol. The van der Waals surface area contributed by atoms with Crippen LogP contribution in [0.5, 0.6) is 0 Å². The maximum absolute atomic E-state index is 13.8. The van der Waals surface area contributed by atoms with Gasteiger partial charge in [0.05, 0.1) is 12.7 Å². The summed E-state index contributed by atoms with van der Waals surface area (Å²) in [6.45, 7) is 2.10. The first-order chi connectivity index (χ1) is 11.8. The van der Waals surface area contributed by atoms with E-state index >= 15 is 0 Å². The van der Waals surface area contributed by atoms with E-state index in [9.17, 15) is 18.0 Å². The lowest BCUT2D eigenvalue weighted by Crippen LogP contribution is -2.52. The molecule has 0 amide bonds. The molecule has 1 aliphatic heterocycles. The molecule has 3 atom stereocenters. The van der Waals surface area contributed by atoms with Crippen molar-refractivity contribution in [1.29, 1.82) is 0 Å². The minimum atomic E-state index is -5.01. The smallest absolute Gasteiger partial charge is 0.432 e. The van der Waals surface area contributed by atoms with Gasteiger partial charge in [0.15, 0.2) is 0 Å². The molecule has 1 aromatic carbocycles. The van der Waals surface area contributed by atoms with Crippen molar-refractivity contribution in [2.75, 3.05) is 13.7 Å². The van der Waals surface area contributed by atoms with Gasteiger partial charge in [0, 0.05) is 19.3 Å². The van der Waals surface area contributed by atoms with E-state index in [1.807, 2.05) is 0 Å². The number of rotatable bonds is 6. The summed E-state index contributed by atoms with van der Waals surface area (Å²) in [5.41, 5.74) is -3.56. The maximum atomic E-state index is 13.8. The number of methoxy groups -OCH3 is 1. The van der Waals surface area contributed by atoms with Gasteiger partial charge < -0.3 is 18.9 Å². The molecule has 138 valence electrons. The summed E-state index contributed by atoms with van der Waals surface area (Å²) in [6.07, 6.45) is -3.93. The molecule has 25 heavy (non-hydrogen) atoms. The molecule has 0 saturated carbocycles. The predicted octanol–water partition coefficient (Wildman–Crippen LogP) is 3.30. The molecule has 8 heteroatoms. The molecule has 0 unspecified atom stereocenters. The van der Waals surface area contributed by atoms with Crippen molar-refractivity contribution in [2.45, 2.75) is 37.5 Å². The van der Waals surface area contributed by atoms with Gasteiger partial charge in [-0.2, -0.15) is 13.2 Å². The second kappa shape index (κ2) is 7.88. The first kappa shape index (κ1) is 19.3. The summed E-state index contributed by atoms with van der Waals surface area (Å²) < 4.78 is 61.5. The van der Waals surface area contributed by atoms with Gasteiger partial charge in [0.2, 0.25) is 6.29 Å². The number of esters is 1. The molecular formula is C17H19F3O5. The van der Waals surface area contributed by atoms with Crippen molar-refractivity contribution in [1.82, 2.24) is 0 Å². The zero-order valence-corrected chi connectivity index (χ0v) is 13.8. The van der Waals surface area contributed by atoms with E-state index in [0.29, 0.717) is 6.61 Å². The van der Waals surface area contributed by atoms with E-state index in [4.69, 9.17) is 14.2 Å². The molecule has 1 aliphatic rings. The van der Waals surface area contributed by atoms with Crippen LogP contribution in [0, 0.1) is 0 Å². The van der Waals surface area contributed by atoms with Crippen LogP contribution in [0.4, 0.5) is 13.2 Å². The van der Waals surface area contributed by atoms with Crippen molar-refractivity contribution in [2.24, 2.45) is 0 Å². The maximum Gasteiger partial charge on any atom is 0.432 e. The van der Waals surface area contributed by atoms with Gasteiger partial charge in [-0.15, -0.1) is 0 Å². The number of hydrogen-bond acceptors (Lipinski definition) is 5.